The fourth-order valence-corrected chi connectivity index (χ4v) is 3.96. The monoisotopic (exact) mass is 444 g/mol. The van der Waals surface area contributed by atoms with E-state index in [0.29, 0.717) is 17.1 Å². The van der Waals surface area contributed by atoms with Crippen molar-refractivity contribution in [1.82, 2.24) is 15.1 Å². The highest BCUT2D eigenvalue weighted by Gasteiger charge is 2.47. The van der Waals surface area contributed by atoms with Crippen LogP contribution in [0.15, 0.2) is 54.7 Å². The van der Waals surface area contributed by atoms with Crippen LogP contribution in [-0.2, 0) is 6.54 Å². The standard InChI is InChI=1S/C22H19F3N4O3/c23-22(24,25)19-9-16(14-4-2-1-3-5-14)28-20-15(11-27-29(19)20)21(30)26-10-13-6-7-17-18(8-13)32-12-31-17/h1-8,11,16,19,28H,9-10,12H2,(H,26,30). The normalized spacial score (nSPS) is 19.2. The number of halogens is 3. The van der Waals surface area contributed by atoms with Gasteiger partial charge in [0.2, 0.25) is 6.79 Å². The maximum absolute atomic E-state index is 13.8. The van der Waals surface area contributed by atoms with E-state index >= 15 is 0 Å². The molecule has 2 aromatic carbocycles. The number of hydrogen-bond donors (Lipinski definition) is 2. The van der Waals surface area contributed by atoms with Gasteiger partial charge in [0.1, 0.15) is 11.4 Å². The highest BCUT2D eigenvalue weighted by molar-refractivity contribution is 5.98. The first kappa shape index (κ1) is 20.2. The largest absolute Gasteiger partial charge is 0.454 e. The highest BCUT2D eigenvalue weighted by Crippen LogP contribution is 2.44. The maximum Gasteiger partial charge on any atom is 0.410 e. The third-order valence-corrected chi connectivity index (χ3v) is 5.58. The molecule has 166 valence electrons. The first-order chi connectivity index (χ1) is 15.4. The molecule has 0 saturated carbocycles. The Balaban J connectivity index is 1.39. The summed E-state index contributed by atoms with van der Waals surface area (Å²) in [6.45, 7) is 0.313. The first-order valence-corrected chi connectivity index (χ1v) is 10.0. The summed E-state index contributed by atoms with van der Waals surface area (Å²) in [6.07, 6.45) is -3.56. The molecule has 3 heterocycles. The molecule has 0 radical (unpaired) electrons. The van der Waals surface area contributed by atoms with Crippen LogP contribution in [-0.4, -0.2) is 28.7 Å². The summed E-state index contributed by atoms with van der Waals surface area (Å²) in [6, 6.07) is 11.7. The lowest BCUT2D eigenvalue weighted by Crippen LogP contribution is -2.36. The predicted octanol–water partition coefficient (Wildman–Crippen LogP) is 4.20. The summed E-state index contributed by atoms with van der Waals surface area (Å²) in [4.78, 5) is 12.8. The number of alkyl halides is 3. The number of nitrogens with one attached hydrogen (secondary N) is 2. The molecule has 1 aromatic heterocycles. The van der Waals surface area contributed by atoms with Crippen LogP contribution >= 0.6 is 0 Å². The Morgan fingerprint density at radius 1 is 1.16 bits per heavy atom. The molecule has 0 spiro atoms. The molecule has 32 heavy (non-hydrogen) atoms. The molecule has 2 aliphatic rings. The smallest absolute Gasteiger partial charge is 0.410 e. The van der Waals surface area contributed by atoms with Gasteiger partial charge in [0.05, 0.1) is 12.2 Å². The number of carbonyl (C=O) groups excluding carboxylic acids is 1. The summed E-state index contributed by atoms with van der Waals surface area (Å²) >= 11 is 0. The zero-order valence-electron chi connectivity index (χ0n) is 16.7. The van der Waals surface area contributed by atoms with E-state index in [-0.39, 0.29) is 31.1 Å². The second-order valence-corrected chi connectivity index (χ2v) is 7.62. The van der Waals surface area contributed by atoms with E-state index in [1.54, 1.807) is 48.5 Å². The fourth-order valence-electron chi connectivity index (χ4n) is 3.96. The average molecular weight is 444 g/mol. The van der Waals surface area contributed by atoms with Gasteiger partial charge in [0.25, 0.3) is 5.91 Å². The van der Waals surface area contributed by atoms with Crippen LogP contribution in [0.3, 0.4) is 0 Å². The first-order valence-electron chi connectivity index (χ1n) is 10.0. The minimum Gasteiger partial charge on any atom is -0.454 e. The van der Waals surface area contributed by atoms with E-state index in [1.165, 1.54) is 6.20 Å². The zero-order valence-corrected chi connectivity index (χ0v) is 16.7. The van der Waals surface area contributed by atoms with Gasteiger partial charge < -0.3 is 20.1 Å². The third kappa shape index (κ3) is 3.72. The number of amides is 1. The summed E-state index contributed by atoms with van der Waals surface area (Å²) in [5.41, 5.74) is 1.54. The lowest BCUT2D eigenvalue weighted by molar-refractivity contribution is -0.173. The Kier molecular flexibility index (Phi) is 4.91. The lowest BCUT2D eigenvalue weighted by atomic mass is 9.96. The van der Waals surface area contributed by atoms with E-state index in [0.717, 1.165) is 10.2 Å². The Hall–Kier alpha value is -3.69. The van der Waals surface area contributed by atoms with Crippen molar-refractivity contribution in [1.29, 1.82) is 0 Å². The van der Waals surface area contributed by atoms with Gasteiger partial charge in [-0.25, -0.2) is 4.68 Å². The number of anilines is 1. The SMILES string of the molecule is O=C(NCc1ccc2c(c1)OCO2)c1cnn2c1NC(c1ccccc1)CC2C(F)(F)F. The summed E-state index contributed by atoms with van der Waals surface area (Å²) in [5.74, 6) is 0.738. The van der Waals surface area contributed by atoms with Crippen LogP contribution in [0.4, 0.5) is 19.0 Å². The molecular formula is C22H19F3N4O3. The van der Waals surface area contributed by atoms with Gasteiger partial charge in [-0.2, -0.15) is 18.3 Å². The van der Waals surface area contributed by atoms with Crippen molar-refractivity contribution in [3.63, 3.8) is 0 Å². The van der Waals surface area contributed by atoms with Gasteiger partial charge in [-0.3, -0.25) is 4.79 Å². The van der Waals surface area contributed by atoms with Crippen molar-refractivity contribution < 1.29 is 27.4 Å². The number of ether oxygens (including phenoxy) is 2. The molecule has 3 aromatic rings. The molecule has 2 N–H and O–H groups in total. The number of nitrogens with zero attached hydrogens (tertiary/aromatic N) is 2. The van der Waals surface area contributed by atoms with E-state index in [9.17, 15) is 18.0 Å². The van der Waals surface area contributed by atoms with Crippen molar-refractivity contribution in [3.05, 3.63) is 71.4 Å². The highest BCUT2D eigenvalue weighted by atomic mass is 19.4. The quantitative estimate of drug-likeness (QED) is 0.631. The molecule has 10 heteroatoms. The minimum absolute atomic E-state index is 0.0515. The molecule has 0 bridgehead atoms. The Morgan fingerprint density at radius 2 is 1.94 bits per heavy atom. The van der Waals surface area contributed by atoms with Gasteiger partial charge in [0, 0.05) is 13.0 Å². The Morgan fingerprint density at radius 3 is 2.72 bits per heavy atom. The molecule has 1 amide bonds. The topological polar surface area (TPSA) is 77.4 Å². The van der Waals surface area contributed by atoms with Crippen LogP contribution in [0.5, 0.6) is 11.5 Å². The number of benzene rings is 2. The van der Waals surface area contributed by atoms with Crippen molar-refractivity contribution >= 4 is 11.7 Å². The summed E-state index contributed by atoms with van der Waals surface area (Å²) < 4.78 is 52.8. The maximum atomic E-state index is 13.8. The third-order valence-electron chi connectivity index (χ3n) is 5.58. The van der Waals surface area contributed by atoms with Crippen molar-refractivity contribution in [3.8, 4) is 11.5 Å². The molecule has 0 fully saturated rings. The van der Waals surface area contributed by atoms with Gasteiger partial charge in [0.15, 0.2) is 17.5 Å². The fraction of sp³-hybridized carbons (Fsp3) is 0.273. The second kappa shape index (κ2) is 7.77. The van der Waals surface area contributed by atoms with Gasteiger partial charge in [-0.1, -0.05) is 36.4 Å². The van der Waals surface area contributed by atoms with E-state index in [1.807, 2.05) is 0 Å². The second-order valence-electron chi connectivity index (χ2n) is 7.62. The minimum atomic E-state index is -4.50. The molecule has 7 nitrogen and oxygen atoms in total. The number of carbonyl (C=O) groups is 1. The van der Waals surface area contributed by atoms with Crippen LogP contribution in [0, 0.1) is 0 Å². The molecular weight excluding hydrogens is 425 g/mol. The Labute approximate surface area is 181 Å². The van der Waals surface area contributed by atoms with Crippen LogP contribution in [0.25, 0.3) is 0 Å². The molecule has 2 atom stereocenters. The number of fused-ring (bicyclic) bond motifs is 2. The summed E-state index contributed by atoms with van der Waals surface area (Å²) in [7, 11) is 0. The average Bonchev–Trinajstić information content (AvgIpc) is 3.43. The van der Waals surface area contributed by atoms with Crippen LogP contribution in [0.2, 0.25) is 0 Å². The number of aromatic nitrogens is 2. The van der Waals surface area contributed by atoms with E-state index < -0.39 is 24.2 Å². The van der Waals surface area contributed by atoms with Gasteiger partial charge >= 0.3 is 6.18 Å². The number of rotatable bonds is 4. The molecule has 0 saturated heterocycles. The number of hydrogen-bond acceptors (Lipinski definition) is 5. The lowest BCUT2D eigenvalue weighted by Gasteiger charge is -2.34. The van der Waals surface area contributed by atoms with Crippen molar-refractivity contribution in [2.45, 2.75) is 31.2 Å². The predicted molar refractivity (Wildman–Crippen MR) is 108 cm³/mol. The van der Waals surface area contributed by atoms with E-state index in [4.69, 9.17) is 9.47 Å². The van der Waals surface area contributed by atoms with Gasteiger partial charge in [-0.15, -0.1) is 0 Å². The van der Waals surface area contributed by atoms with Crippen molar-refractivity contribution in [2.75, 3.05) is 12.1 Å². The molecule has 2 aliphatic heterocycles. The Bertz CT molecular complexity index is 1150. The van der Waals surface area contributed by atoms with Crippen molar-refractivity contribution in [2.24, 2.45) is 0 Å². The summed E-state index contributed by atoms with van der Waals surface area (Å²) in [5, 5.41) is 9.71. The van der Waals surface area contributed by atoms with E-state index in [2.05, 4.69) is 15.7 Å². The molecule has 5 rings (SSSR count). The zero-order chi connectivity index (χ0) is 22.3. The molecule has 2 unspecified atom stereocenters. The van der Waals surface area contributed by atoms with Crippen LogP contribution < -0.4 is 20.1 Å². The van der Waals surface area contributed by atoms with Crippen LogP contribution in [0.1, 0.15) is 40.0 Å². The van der Waals surface area contributed by atoms with Gasteiger partial charge in [-0.05, 0) is 23.3 Å². The molecule has 0 aliphatic carbocycles.